The number of carbonyl (C=O) groups excluding carboxylic acids is 1. The maximum Gasteiger partial charge on any atom is 0.294 e. The molecule has 0 aliphatic heterocycles. The summed E-state index contributed by atoms with van der Waals surface area (Å²) in [7, 11) is -3.48. The monoisotopic (exact) mass is 387 g/mol. The van der Waals surface area contributed by atoms with E-state index in [1.165, 1.54) is 30.5 Å². The van der Waals surface area contributed by atoms with Crippen molar-refractivity contribution < 1.29 is 17.6 Å². The van der Waals surface area contributed by atoms with Crippen molar-refractivity contribution >= 4 is 21.4 Å². The van der Waals surface area contributed by atoms with Crippen molar-refractivity contribution in [3.63, 3.8) is 0 Å². The summed E-state index contributed by atoms with van der Waals surface area (Å²) in [6.45, 7) is 2.09. The summed E-state index contributed by atoms with van der Waals surface area (Å²) in [4.78, 5) is 15.2. The molecule has 2 bridgehead atoms. The van der Waals surface area contributed by atoms with Crippen molar-refractivity contribution in [3.8, 4) is 0 Å². The third-order valence-corrected chi connectivity index (χ3v) is 6.96. The van der Waals surface area contributed by atoms with Crippen molar-refractivity contribution in [3.05, 3.63) is 47.7 Å². The quantitative estimate of drug-likeness (QED) is 0.775. The van der Waals surface area contributed by atoms with Crippen molar-refractivity contribution in [2.75, 3.05) is 11.2 Å². The van der Waals surface area contributed by atoms with Gasteiger partial charge in [0.05, 0.1) is 0 Å². The zero-order chi connectivity index (χ0) is 19.2. The lowest BCUT2D eigenvalue weighted by Crippen LogP contribution is -2.43. The summed E-state index contributed by atoms with van der Waals surface area (Å²) in [5, 5.41) is -0.166. The molecule has 0 radical (unpaired) electrons. The average Bonchev–Trinajstić information content (AvgIpc) is 3.38. The van der Waals surface area contributed by atoms with Gasteiger partial charge in [0, 0.05) is 18.0 Å². The first-order valence-electron chi connectivity index (χ1n) is 9.59. The van der Waals surface area contributed by atoms with Crippen molar-refractivity contribution in [1.29, 1.82) is 0 Å². The summed E-state index contributed by atoms with van der Waals surface area (Å²) < 4.78 is 28.9. The zero-order valence-electron chi connectivity index (χ0n) is 15.7. The lowest BCUT2D eigenvalue weighted by atomic mass is 9.93. The van der Waals surface area contributed by atoms with Gasteiger partial charge in [0.25, 0.3) is 5.91 Å². The van der Waals surface area contributed by atoms with Gasteiger partial charge in [-0.25, -0.2) is 8.42 Å². The summed E-state index contributed by atoms with van der Waals surface area (Å²) in [6, 6.07) is 11.0. The summed E-state index contributed by atoms with van der Waals surface area (Å²) in [5.74, 6) is 1.03. The molecule has 2 fully saturated rings. The molecule has 1 amide bonds. The molecule has 2 aromatic rings. The molecule has 0 N–H and O–H groups in total. The predicted molar refractivity (Wildman–Crippen MR) is 104 cm³/mol. The Kier molecular flexibility index (Phi) is 4.62. The molecule has 0 saturated heterocycles. The molecule has 1 heterocycles. The Labute approximate surface area is 160 Å². The molecule has 3 atom stereocenters. The van der Waals surface area contributed by atoms with E-state index in [2.05, 4.69) is 19.1 Å². The molecule has 4 rings (SSSR count). The molecule has 27 heavy (non-hydrogen) atoms. The highest BCUT2D eigenvalue weighted by Gasteiger charge is 2.45. The van der Waals surface area contributed by atoms with Gasteiger partial charge >= 0.3 is 0 Å². The fraction of sp³-hybridized carbons (Fsp3) is 0.476. The molecule has 0 spiro atoms. The smallest absolute Gasteiger partial charge is 0.294 e. The molecule has 144 valence electrons. The Morgan fingerprint density at radius 2 is 2.00 bits per heavy atom. The fourth-order valence-corrected chi connectivity index (χ4v) is 5.22. The summed E-state index contributed by atoms with van der Waals surface area (Å²) >= 11 is 0. The van der Waals surface area contributed by atoms with Crippen LogP contribution in [0.2, 0.25) is 0 Å². The van der Waals surface area contributed by atoms with Gasteiger partial charge in [0.1, 0.15) is 0 Å². The van der Waals surface area contributed by atoms with Crippen molar-refractivity contribution in [2.24, 2.45) is 11.8 Å². The van der Waals surface area contributed by atoms with Gasteiger partial charge in [-0.15, -0.1) is 0 Å². The Balaban J connectivity index is 1.73. The van der Waals surface area contributed by atoms with Gasteiger partial charge < -0.3 is 9.32 Å². The highest BCUT2D eigenvalue weighted by Crippen LogP contribution is 2.48. The van der Waals surface area contributed by atoms with Crippen LogP contribution in [0.15, 0.2) is 45.9 Å². The summed E-state index contributed by atoms with van der Waals surface area (Å²) in [6.07, 6.45) is 6.56. The van der Waals surface area contributed by atoms with Gasteiger partial charge in [0.2, 0.25) is 14.9 Å². The normalized spacial score (nSPS) is 24.3. The average molecular weight is 388 g/mol. The topological polar surface area (TPSA) is 67.6 Å². The highest BCUT2D eigenvalue weighted by molar-refractivity contribution is 7.90. The van der Waals surface area contributed by atoms with E-state index < -0.39 is 9.84 Å². The Bertz CT molecular complexity index is 962. The first-order chi connectivity index (χ1) is 12.9. The number of rotatable bonds is 5. The van der Waals surface area contributed by atoms with Crippen LogP contribution >= 0.6 is 0 Å². The second kappa shape index (κ2) is 6.82. The lowest BCUT2D eigenvalue weighted by molar-refractivity contribution is 0.0935. The minimum Gasteiger partial charge on any atom is -0.440 e. The van der Waals surface area contributed by atoms with E-state index in [9.17, 15) is 13.2 Å². The minimum atomic E-state index is -3.48. The van der Waals surface area contributed by atoms with Gasteiger partial charge in [-0.1, -0.05) is 25.5 Å². The molecule has 2 aliphatic carbocycles. The van der Waals surface area contributed by atoms with E-state index >= 15 is 0 Å². The maximum atomic E-state index is 13.4. The van der Waals surface area contributed by atoms with Crippen LogP contribution in [0.5, 0.6) is 0 Å². The van der Waals surface area contributed by atoms with Gasteiger partial charge in [-0.05, 0) is 67.3 Å². The van der Waals surface area contributed by atoms with Crippen LogP contribution < -0.4 is 4.90 Å². The van der Waals surface area contributed by atoms with E-state index in [1.807, 2.05) is 17.0 Å². The van der Waals surface area contributed by atoms with E-state index in [0.29, 0.717) is 11.8 Å². The number of benzene rings is 1. The second-order valence-corrected chi connectivity index (χ2v) is 9.78. The van der Waals surface area contributed by atoms with E-state index in [0.717, 1.165) is 31.2 Å². The number of amides is 1. The largest absolute Gasteiger partial charge is 0.440 e. The number of furan rings is 1. The molecule has 1 aromatic carbocycles. The minimum absolute atomic E-state index is 0.0834. The van der Waals surface area contributed by atoms with E-state index in [-0.39, 0.29) is 22.8 Å². The van der Waals surface area contributed by atoms with Crippen LogP contribution in [0, 0.1) is 11.8 Å². The van der Waals surface area contributed by atoms with Crippen LogP contribution in [0.1, 0.15) is 48.7 Å². The van der Waals surface area contributed by atoms with Crippen LogP contribution in [0.25, 0.3) is 0 Å². The first-order valence-corrected chi connectivity index (χ1v) is 11.5. The highest BCUT2D eigenvalue weighted by atomic mass is 32.2. The van der Waals surface area contributed by atoms with Crippen LogP contribution in [-0.2, 0) is 16.3 Å². The lowest BCUT2D eigenvalue weighted by Gasteiger charge is -2.34. The van der Waals surface area contributed by atoms with Crippen LogP contribution in [-0.4, -0.2) is 26.6 Å². The Hall–Kier alpha value is -2.08. The number of fused-ring (bicyclic) bond motifs is 2. The second-order valence-electron chi connectivity index (χ2n) is 7.83. The number of anilines is 1. The number of carbonyl (C=O) groups is 1. The van der Waals surface area contributed by atoms with Gasteiger partial charge in [0.15, 0.2) is 5.76 Å². The predicted octanol–water partition coefficient (Wildman–Crippen LogP) is 4.08. The van der Waals surface area contributed by atoms with Crippen molar-refractivity contribution in [1.82, 2.24) is 0 Å². The summed E-state index contributed by atoms with van der Waals surface area (Å²) in [5.41, 5.74) is 2.04. The number of nitrogens with zero attached hydrogens (tertiary/aromatic N) is 1. The Morgan fingerprint density at radius 1 is 1.19 bits per heavy atom. The number of aryl methyl sites for hydroxylation is 1. The first kappa shape index (κ1) is 18.3. The molecular formula is C21H25NO4S. The Morgan fingerprint density at radius 3 is 2.59 bits per heavy atom. The van der Waals surface area contributed by atoms with Gasteiger partial charge in [-0.3, -0.25) is 4.79 Å². The van der Waals surface area contributed by atoms with E-state index in [4.69, 9.17) is 4.42 Å². The molecule has 5 nitrogen and oxygen atoms in total. The SMILES string of the molecule is CCc1cccc(N(C(=O)c2ccc(S(C)(=O)=O)o2)C2CC3CCC2C3)c1. The van der Waals surface area contributed by atoms with Crippen molar-refractivity contribution in [2.45, 2.75) is 50.2 Å². The molecule has 2 saturated carbocycles. The van der Waals surface area contributed by atoms with Gasteiger partial charge in [-0.2, -0.15) is 0 Å². The third kappa shape index (κ3) is 3.43. The number of hydrogen-bond donors (Lipinski definition) is 0. The third-order valence-electron chi connectivity index (χ3n) is 6.01. The number of sulfone groups is 1. The van der Waals surface area contributed by atoms with Crippen LogP contribution in [0.4, 0.5) is 5.69 Å². The molecule has 3 unspecified atom stereocenters. The fourth-order valence-electron chi connectivity index (χ4n) is 4.67. The molecular weight excluding hydrogens is 362 g/mol. The number of hydrogen-bond acceptors (Lipinski definition) is 4. The molecule has 6 heteroatoms. The molecule has 2 aliphatic rings. The maximum absolute atomic E-state index is 13.4. The van der Waals surface area contributed by atoms with E-state index in [1.54, 1.807) is 0 Å². The van der Waals surface area contributed by atoms with Crippen LogP contribution in [0.3, 0.4) is 0 Å². The zero-order valence-corrected chi connectivity index (χ0v) is 16.5. The molecule has 1 aromatic heterocycles. The standard InChI is InChI=1S/C21H25NO4S/c1-3-14-5-4-6-17(12-14)22(18-13-15-7-8-16(18)11-15)21(23)19-9-10-20(26-19)27(2,24)25/h4-6,9-10,12,15-16,18H,3,7-8,11,13H2,1-2H3.